The Labute approximate surface area is 193 Å². The maximum absolute atomic E-state index is 15.3. The second-order valence-corrected chi connectivity index (χ2v) is 8.23. The Hall–Kier alpha value is -3.73. The molecule has 0 aliphatic carbocycles. The number of benzene rings is 1. The third-order valence-electron chi connectivity index (χ3n) is 6.01. The lowest BCUT2D eigenvalue weighted by Gasteiger charge is -2.22. The van der Waals surface area contributed by atoms with Gasteiger partial charge in [-0.15, -0.1) is 0 Å². The van der Waals surface area contributed by atoms with E-state index < -0.39 is 24.0 Å². The lowest BCUT2D eigenvalue weighted by Crippen LogP contribution is -2.24. The van der Waals surface area contributed by atoms with Crippen LogP contribution in [0.2, 0.25) is 0 Å². The monoisotopic (exact) mass is 471 g/mol. The van der Waals surface area contributed by atoms with Crippen LogP contribution >= 0.6 is 0 Å². The summed E-state index contributed by atoms with van der Waals surface area (Å²) in [5.41, 5.74) is 8.34. The number of hydrogen-bond acceptors (Lipinski definition) is 8. The molecule has 178 valence electrons. The Balaban J connectivity index is 1.43. The molecule has 5 rings (SSSR count). The Kier molecular flexibility index (Phi) is 5.78. The number of carbonyl (C=O) groups excluding carboxylic acids is 1. The minimum atomic E-state index is -1.16. The maximum atomic E-state index is 15.3. The van der Waals surface area contributed by atoms with Gasteiger partial charge in [0.25, 0.3) is 0 Å². The number of alkyl halides is 1. The molecule has 2 aliphatic heterocycles. The van der Waals surface area contributed by atoms with E-state index in [4.69, 9.17) is 19.9 Å². The number of rotatable bonds is 4. The van der Waals surface area contributed by atoms with Crippen molar-refractivity contribution in [2.75, 3.05) is 49.3 Å². The Morgan fingerprint density at radius 2 is 2.15 bits per heavy atom. The summed E-state index contributed by atoms with van der Waals surface area (Å²) in [6.07, 6.45) is 0.990. The number of halogens is 2. The Bertz CT molecular complexity index is 1270. The van der Waals surface area contributed by atoms with Crippen molar-refractivity contribution in [3.63, 3.8) is 0 Å². The van der Waals surface area contributed by atoms with Gasteiger partial charge in [0.05, 0.1) is 24.8 Å². The van der Waals surface area contributed by atoms with Crippen molar-refractivity contribution in [3.8, 4) is 17.0 Å². The van der Waals surface area contributed by atoms with Crippen LogP contribution in [0.15, 0.2) is 24.5 Å². The number of aromatic nitrogens is 2. The van der Waals surface area contributed by atoms with Gasteiger partial charge in [-0.1, -0.05) is 0 Å². The number of nitrogen functional groups attached to an aromatic ring is 1. The van der Waals surface area contributed by atoms with Crippen LogP contribution in [-0.2, 0) is 9.47 Å². The molecule has 0 saturated carbocycles. The van der Waals surface area contributed by atoms with Crippen LogP contribution in [0.3, 0.4) is 0 Å². The van der Waals surface area contributed by atoms with Gasteiger partial charge in [0.1, 0.15) is 30.9 Å². The zero-order valence-electron chi connectivity index (χ0n) is 18.4. The average molecular weight is 471 g/mol. The van der Waals surface area contributed by atoms with Gasteiger partial charge in [0.2, 0.25) is 5.88 Å². The number of amides is 1. The third kappa shape index (κ3) is 4.03. The van der Waals surface area contributed by atoms with Crippen LogP contribution in [0.1, 0.15) is 5.56 Å². The Morgan fingerprint density at radius 1 is 1.29 bits per heavy atom. The van der Waals surface area contributed by atoms with E-state index in [1.165, 1.54) is 6.20 Å². The van der Waals surface area contributed by atoms with Gasteiger partial charge < -0.3 is 25.3 Å². The van der Waals surface area contributed by atoms with Gasteiger partial charge in [-0.3, -0.25) is 5.32 Å². The van der Waals surface area contributed by atoms with E-state index in [9.17, 15) is 9.18 Å². The lowest BCUT2D eigenvalue weighted by molar-refractivity contribution is 0.120. The number of pyridine rings is 2. The standard InChI is InChI=1S/C23H23F2N5O4/c1-11-15(6-29-22-21(11)27-2-3-33-22)14-4-12-5-18(28-7-16(12)20(26)19(14)25)30-23(31)34-9-13-8-32-10-17(13)24/h4-7,13,17,27H,2-3,8-10,26H2,1H3,(H,28,30,31)/t13-,17+/m0/s1. The highest BCUT2D eigenvalue weighted by Crippen LogP contribution is 2.39. The molecule has 1 aromatic carbocycles. The zero-order valence-corrected chi connectivity index (χ0v) is 18.4. The van der Waals surface area contributed by atoms with Crippen LogP contribution in [0.4, 0.5) is 30.8 Å². The molecule has 0 unspecified atom stereocenters. The lowest BCUT2D eigenvalue weighted by atomic mass is 9.97. The van der Waals surface area contributed by atoms with E-state index >= 15 is 4.39 Å². The highest BCUT2D eigenvalue weighted by molar-refractivity contribution is 5.99. The number of carbonyl (C=O) groups is 1. The predicted octanol–water partition coefficient (Wildman–Crippen LogP) is 3.66. The highest BCUT2D eigenvalue weighted by atomic mass is 19.1. The summed E-state index contributed by atoms with van der Waals surface area (Å²) < 4.78 is 44.5. The Morgan fingerprint density at radius 3 is 2.94 bits per heavy atom. The van der Waals surface area contributed by atoms with Crippen LogP contribution in [0.5, 0.6) is 5.88 Å². The average Bonchev–Trinajstić information content (AvgIpc) is 3.25. The minimum Gasteiger partial charge on any atom is -0.474 e. The summed E-state index contributed by atoms with van der Waals surface area (Å²) in [5, 5.41) is 6.70. The topological polar surface area (TPSA) is 121 Å². The zero-order chi connectivity index (χ0) is 23.8. The van der Waals surface area contributed by atoms with Crippen molar-refractivity contribution in [1.82, 2.24) is 9.97 Å². The van der Waals surface area contributed by atoms with E-state index in [1.807, 2.05) is 6.92 Å². The van der Waals surface area contributed by atoms with Crippen LogP contribution in [-0.4, -0.2) is 55.2 Å². The van der Waals surface area contributed by atoms with Crippen molar-refractivity contribution < 1.29 is 27.8 Å². The third-order valence-corrected chi connectivity index (χ3v) is 6.01. The number of fused-ring (bicyclic) bond motifs is 2. The summed E-state index contributed by atoms with van der Waals surface area (Å²) >= 11 is 0. The van der Waals surface area contributed by atoms with Crippen LogP contribution in [0.25, 0.3) is 21.9 Å². The van der Waals surface area contributed by atoms with Gasteiger partial charge in [-0.05, 0) is 30.0 Å². The minimum absolute atomic E-state index is 0.00446. The van der Waals surface area contributed by atoms with E-state index in [2.05, 4.69) is 20.6 Å². The predicted molar refractivity (Wildman–Crippen MR) is 122 cm³/mol. The number of nitrogens with zero attached hydrogens (tertiary/aromatic N) is 2. The molecule has 0 bridgehead atoms. The van der Waals surface area contributed by atoms with Gasteiger partial charge in [-0.25, -0.2) is 23.5 Å². The van der Waals surface area contributed by atoms with E-state index in [0.717, 1.165) is 5.56 Å². The molecule has 2 atom stereocenters. The molecule has 1 amide bonds. The molecule has 1 saturated heterocycles. The number of nitrogens with two attached hydrogens (primary N) is 1. The molecule has 34 heavy (non-hydrogen) atoms. The van der Waals surface area contributed by atoms with Crippen molar-refractivity contribution in [1.29, 1.82) is 0 Å². The fraction of sp³-hybridized carbons (Fsp3) is 0.348. The van der Waals surface area contributed by atoms with Crippen molar-refractivity contribution in [2.24, 2.45) is 5.92 Å². The van der Waals surface area contributed by atoms with Gasteiger partial charge in [0.15, 0.2) is 5.82 Å². The largest absolute Gasteiger partial charge is 0.474 e. The molecular formula is C23H23F2N5O4. The molecule has 9 nitrogen and oxygen atoms in total. The molecule has 4 N–H and O–H groups in total. The fourth-order valence-corrected chi connectivity index (χ4v) is 4.10. The first kappa shape index (κ1) is 22.1. The first-order valence-corrected chi connectivity index (χ1v) is 10.8. The molecule has 1 fully saturated rings. The van der Waals surface area contributed by atoms with E-state index in [0.29, 0.717) is 41.1 Å². The smallest absolute Gasteiger partial charge is 0.412 e. The van der Waals surface area contributed by atoms with Crippen LogP contribution < -0.4 is 21.1 Å². The fourth-order valence-electron chi connectivity index (χ4n) is 4.10. The summed E-state index contributed by atoms with van der Waals surface area (Å²) in [5.74, 6) is -0.423. The van der Waals surface area contributed by atoms with Crippen LogP contribution in [0, 0.1) is 18.7 Å². The second kappa shape index (κ2) is 8.90. The first-order valence-electron chi connectivity index (χ1n) is 10.8. The van der Waals surface area contributed by atoms with E-state index in [-0.39, 0.29) is 36.9 Å². The summed E-state index contributed by atoms with van der Waals surface area (Å²) in [6.45, 7) is 3.08. The molecule has 2 aromatic heterocycles. The molecule has 0 radical (unpaired) electrons. The number of ether oxygens (including phenoxy) is 3. The molecule has 3 aromatic rings. The second-order valence-electron chi connectivity index (χ2n) is 8.23. The molecule has 0 spiro atoms. The maximum Gasteiger partial charge on any atom is 0.412 e. The van der Waals surface area contributed by atoms with Crippen molar-refractivity contribution in [2.45, 2.75) is 13.1 Å². The van der Waals surface area contributed by atoms with Crippen molar-refractivity contribution >= 4 is 34.1 Å². The normalized spacial score (nSPS) is 19.3. The quantitative estimate of drug-likeness (QED) is 0.493. The summed E-state index contributed by atoms with van der Waals surface area (Å²) in [6, 6.07) is 3.19. The van der Waals surface area contributed by atoms with Gasteiger partial charge in [-0.2, -0.15) is 0 Å². The highest BCUT2D eigenvalue weighted by Gasteiger charge is 2.29. The summed E-state index contributed by atoms with van der Waals surface area (Å²) in [7, 11) is 0. The van der Waals surface area contributed by atoms with Gasteiger partial charge in [0, 0.05) is 35.5 Å². The number of hydrogen-bond donors (Lipinski definition) is 3. The molecule has 11 heteroatoms. The summed E-state index contributed by atoms with van der Waals surface area (Å²) in [4.78, 5) is 20.6. The number of nitrogens with one attached hydrogen (secondary N) is 2. The first-order chi connectivity index (χ1) is 16.4. The SMILES string of the molecule is Cc1c(-c2cc3cc(NC(=O)OC[C@@H]4COC[C@H]4F)ncc3c(N)c2F)cnc2c1NCCO2. The molecule has 4 heterocycles. The van der Waals surface area contributed by atoms with E-state index in [1.54, 1.807) is 18.3 Å². The van der Waals surface area contributed by atoms with Gasteiger partial charge >= 0.3 is 6.09 Å². The number of anilines is 3. The van der Waals surface area contributed by atoms with Crippen molar-refractivity contribution in [3.05, 3.63) is 35.9 Å². The molecule has 2 aliphatic rings. The molecular weight excluding hydrogens is 448 g/mol.